The van der Waals surface area contributed by atoms with E-state index in [1.54, 1.807) is 4.90 Å². The largest absolute Gasteiger partial charge is 0.279 e. The Morgan fingerprint density at radius 3 is 2.47 bits per heavy atom. The maximum Gasteiger partial charge on any atom is 0.184 e. The number of hydrogen-bond acceptors (Lipinski definition) is 2. The minimum atomic E-state index is 0.813. The lowest BCUT2D eigenvalue weighted by molar-refractivity contribution is 0.723. The zero-order valence-corrected chi connectivity index (χ0v) is 10.3. The predicted molar refractivity (Wildman–Crippen MR) is 67.0 cm³/mol. The summed E-state index contributed by atoms with van der Waals surface area (Å²) < 4.78 is 0. The third-order valence-electron chi connectivity index (χ3n) is 2.20. The molecule has 0 fully saturated rings. The van der Waals surface area contributed by atoms with Gasteiger partial charge >= 0.3 is 0 Å². The van der Waals surface area contributed by atoms with Crippen molar-refractivity contribution in [2.24, 2.45) is 0 Å². The molecule has 0 aliphatic heterocycles. The maximum atomic E-state index is 9.00. The lowest BCUT2D eigenvalue weighted by Gasteiger charge is -2.14. The van der Waals surface area contributed by atoms with Crippen LogP contribution in [0.1, 0.15) is 19.3 Å². The van der Waals surface area contributed by atoms with Gasteiger partial charge in [0, 0.05) is 11.9 Å². The van der Waals surface area contributed by atoms with Gasteiger partial charge in [0.25, 0.3) is 0 Å². The van der Waals surface area contributed by atoms with Crippen molar-refractivity contribution in [2.45, 2.75) is 19.3 Å². The Kier molecular flexibility index (Phi) is 5.87. The van der Waals surface area contributed by atoms with Gasteiger partial charge in [0.15, 0.2) is 6.19 Å². The first-order valence-corrected chi connectivity index (χ1v) is 6.29. The number of para-hydroxylation sites is 1. The summed E-state index contributed by atoms with van der Waals surface area (Å²) in [6.45, 7) is 0.813. The fraction of sp³-hybridized carbons (Fsp3) is 0.417. The van der Waals surface area contributed by atoms with E-state index in [9.17, 15) is 0 Å². The molecule has 80 valence electrons. The second-order valence-electron chi connectivity index (χ2n) is 3.34. The minimum absolute atomic E-state index is 0.813. The molecule has 0 saturated heterocycles. The van der Waals surface area contributed by atoms with E-state index in [1.165, 1.54) is 6.42 Å². The summed E-state index contributed by atoms with van der Waals surface area (Å²) in [5, 5.41) is 10.0. The van der Waals surface area contributed by atoms with Gasteiger partial charge in [-0.1, -0.05) is 40.5 Å². The van der Waals surface area contributed by atoms with E-state index in [-0.39, 0.29) is 0 Å². The van der Waals surface area contributed by atoms with Crippen LogP contribution in [-0.4, -0.2) is 11.9 Å². The number of benzene rings is 1. The highest BCUT2D eigenvalue weighted by Gasteiger charge is 2.03. The highest BCUT2D eigenvalue weighted by atomic mass is 79.9. The number of anilines is 1. The Balaban J connectivity index is 2.41. The van der Waals surface area contributed by atoms with Gasteiger partial charge in [-0.05, 0) is 25.0 Å². The fourth-order valence-corrected chi connectivity index (χ4v) is 1.78. The first-order valence-electron chi connectivity index (χ1n) is 5.16. The Morgan fingerprint density at radius 1 is 1.13 bits per heavy atom. The van der Waals surface area contributed by atoms with Crippen LogP contribution >= 0.6 is 15.9 Å². The van der Waals surface area contributed by atoms with Crippen molar-refractivity contribution in [2.75, 3.05) is 16.8 Å². The summed E-state index contributed by atoms with van der Waals surface area (Å²) in [7, 11) is 0. The number of nitrogens with zero attached hydrogens (tertiary/aromatic N) is 2. The van der Waals surface area contributed by atoms with Crippen LogP contribution < -0.4 is 4.90 Å². The normalized spacial score (nSPS) is 9.60. The summed E-state index contributed by atoms with van der Waals surface area (Å²) >= 11 is 3.40. The summed E-state index contributed by atoms with van der Waals surface area (Å²) in [6.07, 6.45) is 5.62. The van der Waals surface area contributed by atoms with Crippen molar-refractivity contribution in [1.29, 1.82) is 5.26 Å². The maximum absolute atomic E-state index is 9.00. The molecule has 2 nitrogen and oxygen atoms in total. The fourth-order valence-electron chi connectivity index (χ4n) is 1.39. The van der Waals surface area contributed by atoms with Crippen molar-refractivity contribution in [3.63, 3.8) is 0 Å². The molecule has 15 heavy (non-hydrogen) atoms. The molecule has 0 radical (unpaired) electrons. The summed E-state index contributed by atoms with van der Waals surface area (Å²) in [4.78, 5) is 1.74. The number of alkyl halides is 1. The molecule has 0 aromatic heterocycles. The third-order valence-corrected chi connectivity index (χ3v) is 2.76. The molecule has 0 spiro atoms. The van der Waals surface area contributed by atoms with Crippen molar-refractivity contribution < 1.29 is 0 Å². The minimum Gasteiger partial charge on any atom is -0.279 e. The number of halogens is 1. The molecule has 0 amide bonds. The standard InChI is InChI=1S/C12H15BrN2/c13-9-5-2-6-10-15(11-14)12-7-3-1-4-8-12/h1,3-4,7-8H,2,5-6,9-10H2. The lowest BCUT2D eigenvalue weighted by atomic mass is 10.2. The zero-order chi connectivity index (χ0) is 10.9. The molecule has 0 N–H and O–H groups in total. The van der Waals surface area contributed by atoms with Gasteiger partial charge in [0.2, 0.25) is 0 Å². The number of nitriles is 1. The summed E-state index contributed by atoms with van der Waals surface area (Å²) in [6, 6.07) is 9.81. The predicted octanol–water partition coefficient (Wildman–Crippen LogP) is 3.54. The van der Waals surface area contributed by atoms with Crippen LogP contribution in [0.4, 0.5) is 5.69 Å². The second-order valence-corrected chi connectivity index (χ2v) is 4.13. The van der Waals surface area contributed by atoms with E-state index in [2.05, 4.69) is 22.1 Å². The average molecular weight is 267 g/mol. The molecule has 0 atom stereocenters. The third kappa shape index (κ3) is 4.35. The van der Waals surface area contributed by atoms with Gasteiger partial charge < -0.3 is 0 Å². The molecular formula is C12H15BrN2. The smallest absolute Gasteiger partial charge is 0.184 e. The van der Waals surface area contributed by atoms with Crippen LogP contribution in [0.15, 0.2) is 30.3 Å². The van der Waals surface area contributed by atoms with Crippen molar-refractivity contribution in [3.05, 3.63) is 30.3 Å². The second kappa shape index (κ2) is 7.30. The molecule has 0 aliphatic carbocycles. The molecule has 3 heteroatoms. The van der Waals surface area contributed by atoms with Gasteiger partial charge in [-0.15, -0.1) is 0 Å². The van der Waals surface area contributed by atoms with Gasteiger partial charge in [-0.3, -0.25) is 4.90 Å². The first kappa shape index (κ1) is 12.1. The van der Waals surface area contributed by atoms with Crippen molar-refractivity contribution in [1.82, 2.24) is 0 Å². The van der Waals surface area contributed by atoms with Gasteiger partial charge in [0.05, 0.1) is 5.69 Å². The Hall–Kier alpha value is -1.01. The highest BCUT2D eigenvalue weighted by Crippen LogP contribution is 2.13. The molecule has 0 bridgehead atoms. The number of unbranched alkanes of at least 4 members (excludes halogenated alkanes) is 2. The van der Waals surface area contributed by atoms with E-state index < -0.39 is 0 Å². The van der Waals surface area contributed by atoms with Crippen LogP contribution in [0.2, 0.25) is 0 Å². The molecule has 1 aromatic carbocycles. The van der Waals surface area contributed by atoms with E-state index in [0.717, 1.165) is 30.4 Å². The van der Waals surface area contributed by atoms with Gasteiger partial charge in [-0.25, -0.2) is 0 Å². The Morgan fingerprint density at radius 2 is 1.87 bits per heavy atom. The monoisotopic (exact) mass is 266 g/mol. The summed E-state index contributed by atoms with van der Waals surface area (Å²) in [5.74, 6) is 0. The molecule has 1 aromatic rings. The number of hydrogen-bond donors (Lipinski definition) is 0. The molecule has 0 saturated carbocycles. The van der Waals surface area contributed by atoms with Crippen LogP contribution in [0, 0.1) is 11.5 Å². The zero-order valence-electron chi connectivity index (χ0n) is 8.69. The highest BCUT2D eigenvalue weighted by molar-refractivity contribution is 9.09. The molecule has 0 unspecified atom stereocenters. The molecule has 0 heterocycles. The van der Waals surface area contributed by atoms with Gasteiger partial charge in [-0.2, -0.15) is 5.26 Å². The van der Waals surface area contributed by atoms with Crippen LogP contribution in [0.25, 0.3) is 0 Å². The van der Waals surface area contributed by atoms with E-state index in [1.807, 2.05) is 30.3 Å². The van der Waals surface area contributed by atoms with E-state index in [0.29, 0.717) is 0 Å². The number of rotatable bonds is 6. The van der Waals surface area contributed by atoms with E-state index >= 15 is 0 Å². The topological polar surface area (TPSA) is 27.0 Å². The Bertz CT molecular complexity index is 305. The van der Waals surface area contributed by atoms with Gasteiger partial charge in [0.1, 0.15) is 0 Å². The Labute approximate surface area is 99.6 Å². The molecule has 1 rings (SSSR count). The van der Waals surface area contributed by atoms with Crippen molar-refractivity contribution >= 4 is 21.6 Å². The average Bonchev–Trinajstić information content (AvgIpc) is 2.30. The van der Waals surface area contributed by atoms with Crippen LogP contribution in [-0.2, 0) is 0 Å². The SMILES string of the molecule is N#CN(CCCCCBr)c1ccccc1. The lowest BCUT2D eigenvalue weighted by Crippen LogP contribution is -2.17. The van der Waals surface area contributed by atoms with E-state index in [4.69, 9.17) is 5.26 Å². The molecule has 0 aliphatic rings. The van der Waals surface area contributed by atoms with Crippen molar-refractivity contribution in [3.8, 4) is 6.19 Å². The van der Waals surface area contributed by atoms with Crippen LogP contribution in [0.3, 0.4) is 0 Å². The quantitative estimate of drug-likeness (QED) is 0.341. The summed E-state index contributed by atoms with van der Waals surface area (Å²) in [5.41, 5.74) is 0.985. The molecular weight excluding hydrogens is 252 g/mol. The first-order chi connectivity index (χ1) is 7.38. The van der Waals surface area contributed by atoms with Crippen LogP contribution in [0.5, 0.6) is 0 Å².